The van der Waals surface area contributed by atoms with Crippen LogP contribution in [0.4, 0.5) is 5.95 Å². The molecule has 0 unspecified atom stereocenters. The topological polar surface area (TPSA) is 51.1 Å². The second-order valence-corrected chi connectivity index (χ2v) is 6.04. The zero-order valence-corrected chi connectivity index (χ0v) is 13.2. The van der Waals surface area contributed by atoms with Gasteiger partial charge < -0.3 is 9.64 Å². The zero-order valence-electron chi connectivity index (χ0n) is 11.6. The van der Waals surface area contributed by atoms with Gasteiger partial charge in [0.05, 0.1) is 7.11 Å². The Labute approximate surface area is 132 Å². The summed E-state index contributed by atoms with van der Waals surface area (Å²) in [7, 11) is 1.65. The monoisotopic (exact) mass is 322 g/mol. The Balaban J connectivity index is 1.80. The van der Waals surface area contributed by atoms with Crippen LogP contribution in [0, 0.1) is 0 Å². The number of rotatable bonds is 4. The van der Waals surface area contributed by atoms with Crippen LogP contribution in [0.2, 0.25) is 5.28 Å². The number of ether oxygens (including phenoxy) is 1. The Morgan fingerprint density at radius 1 is 1.10 bits per heavy atom. The Morgan fingerprint density at radius 2 is 1.81 bits per heavy atom. The van der Waals surface area contributed by atoms with Crippen LogP contribution >= 0.6 is 23.4 Å². The van der Waals surface area contributed by atoms with Gasteiger partial charge in [-0.25, -0.2) is 0 Å². The smallest absolute Gasteiger partial charge is 0.230 e. The van der Waals surface area contributed by atoms with Gasteiger partial charge >= 0.3 is 0 Å². The number of methoxy groups -OCH3 is 1. The van der Waals surface area contributed by atoms with Crippen molar-refractivity contribution in [2.24, 2.45) is 0 Å². The minimum absolute atomic E-state index is 0.239. The first-order valence-electron chi connectivity index (χ1n) is 6.73. The number of nitrogens with zero attached hydrogens (tertiary/aromatic N) is 4. The highest BCUT2D eigenvalue weighted by Crippen LogP contribution is 2.28. The van der Waals surface area contributed by atoms with Crippen LogP contribution < -0.4 is 9.64 Å². The summed E-state index contributed by atoms with van der Waals surface area (Å²) in [6.45, 7) is 1.96. The molecule has 0 bridgehead atoms. The fourth-order valence-electron chi connectivity index (χ4n) is 2.18. The van der Waals surface area contributed by atoms with Crippen molar-refractivity contribution >= 4 is 29.3 Å². The molecular weight excluding hydrogens is 308 g/mol. The fraction of sp³-hybridized carbons (Fsp3) is 0.357. The van der Waals surface area contributed by atoms with Crippen molar-refractivity contribution in [1.82, 2.24) is 15.0 Å². The van der Waals surface area contributed by atoms with Gasteiger partial charge in [0, 0.05) is 18.0 Å². The summed E-state index contributed by atoms with van der Waals surface area (Å²) in [6, 6.07) is 7.76. The molecule has 0 N–H and O–H groups in total. The van der Waals surface area contributed by atoms with Crippen LogP contribution in [0.1, 0.15) is 12.8 Å². The SMILES string of the molecule is COc1ccc(Sc2nc(Cl)nc(N3CCCC3)n2)cc1. The molecule has 1 aliphatic rings. The molecular formula is C14H15ClN4OS. The molecule has 3 rings (SSSR count). The lowest BCUT2D eigenvalue weighted by Crippen LogP contribution is -2.21. The maximum absolute atomic E-state index is 6.02. The van der Waals surface area contributed by atoms with Gasteiger partial charge in [-0.15, -0.1) is 0 Å². The molecule has 0 radical (unpaired) electrons. The standard InChI is InChI=1S/C14H15ClN4OS/c1-20-10-4-6-11(7-5-10)21-14-17-12(15)16-13(18-14)19-8-2-3-9-19/h4-7H,2-3,8-9H2,1H3. The minimum Gasteiger partial charge on any atom is -0.497 e. The molecule has 21 heavy (non-hydrogen) atoms. The van der Waals surface area contributed by atoms with E-state index >= 15 is 0 Å². The van der Waals surface area contributed by atoms with Crippen molar-refractivity contribution in [3.63, 3.8) is 0 Å². The van der Waals surface area contributed by atoms with E-state index in [1.165, 1.54) is 24.6 Å². The molecule has 0 spiro atoms. The molecule has 5 nitrogen and oxygen atoms in total. The van der Waals surface area contributed by atoms with Gasteiger partial charge in [0.1, 0.15) is 5.75 Å². The molecule has 1 aliphatic heterocycles. The highest BCUT2D eigenvalue weighted by atomic mass is 35.5. The van der Waals surface area contributed by atoms with Gasteiger partial charge in [-0.2, -0.15) is 15.0 Å². The van der Waals surface area contributed by atoms with Gasteiger partial charge in [0.25, 0.3) is 0 Å². The molecule has 0 amide bonds. The zero-order chi connectivity index (χ0) is 14.7. The molecule has 2 aromatic rings. The quantitative estimate of drug-likeness (QED) is 0.861. The third-order valence-corrected chi connectivity index (χ3v) is 4.28. The van der Waals surface area contributed by atoms with E-state index in [0.29, 0.717) is 11.1 Å². The van der Waals surface area contributed by atoms with E-state index in [4.69, 9.17) is 16.3 Å². The lowest BCUT2D eigenvalue weighted by molar-refractivity contribution is 0.414. The third kappa shape index (κ3) is 3.57. The highest BCUT2D eigenvalue weighted by molar-refractivity contribution is 7.99. The van der Waals surface area contributed by atoms with E-state index in [1.807, 2.05) is 24.3 Å². The van der Waals surface area contributed by atoms with E-state index in [-0.39, 0.29) is 5.28 Å². The Hall–Kier alpha value is -1.53. The van der Waals surface area contributed by atoms with E-state index in [2.05, 4.69) is 19.9 Å². The number of anilines is 1. The average molecular weight is 323 g/mol. The maximum atomic E-state index is 6.02. The molecule has 1 aromatic heterocycles. The van der Waals surface area contributed by atoms with Gasteiger partial charge in [-0.3, -0.25) is 0 Å². The van der Waals surface area contributed by atoms with E-state index in [1.54, 1.807) is 7.11 Å². The maximum Gasteiger partial charge on any atom is 0.230 e. The van der Waals surface area contributed by atoms with Crippen LogP contribution in [0.15, 0.2) is 34.3 Å². The van der Waals surface area contributed by atoms with Crippen LogP contribution in [0.25, 0.3) is 0 Å². The third-order valence-electron chi connectivity index (χ3n) is 3.23. The van der Waals surface area contributed by atoms with Crippen LogP contribution in [-0.4, -0.2) is 35.2 Å². The summed E-state index contributed by atoms with van der Waals surface area (Å²) in [5.41, 5.74) is 0. The van der Waals surface area contributed by atoms with Gasteiger partial charge in [0.15, 0.2) is 5.16 Å². The lowest BCUT2D eigenvalue weighted by atomic mass is 10.3. The number of benzene rings is 1. The summed E-state index contributed by atoms with van der Waals surface area (Å²) >= 11 is 7.49. The second kappa shape index (κ2) is 6.49. The molecule has 0 aliphatic carbocycles. The first-order chi connectivity index (χ1) is 10.2. The second-order valence-electron chi connectivity index (χ2n) is 4.66. The first-order valence-corrected chi connectivity index (χ1v) is 7.92. The predicted octanol–water partition coefficient (Wildman–Crippen LogP) is 3.29. The Morgan fingerprint density at radius 3 is 2.48 bits per heavy atom. The van der Waals surface area contributed by atoms with Crippen molar-refractivity contribution in [1.29, 1.82) is 0 Å². The Kier molecular flexibility index (Phi) is 4.45. The number of hydrogen-bond acceptors (Lipinski definition) is 6. The van der Waals surface area contributed by atoms with E-state index in [0.717, 1.165) is 23.7 Å². The minimum atomic E-state index is 0.239. The predicted molar refractivity (Wildman–Crippen MR) is 83.4 cm³/mol. The molecule has 1 saturated heterocycles. The highest BCUT2D eigenvalue weighted by Gasteiger charge is 2.17. The number of halogens is 1. The summed E-state index contributed by atoms with van der Waals surface area (Å²) in [5, 5.41) is 0.852. The van der Waals surface area contributed by atoms with Crippen LogP contribution in [0.5, 0.6) is 5.75 Å². The van der Waals surface area contributed by atoms with Crippen molar-refractivity contribution in [2.45, 2.75) is 22.9 Å². The average Bonchev–Trinajstić information content (AvgIpc) is 3.02. The summed E-state index contributed by atoms with van der Waals surface area (Å²) in [4.78, 5) is 16.1. The summed E-state index contributed by atoms with van der Waals surface area (Å²) in [5.74, 6) is 1.49. The number of aromatic nitrogens is 3. The van der Waals surface area contributed by atoms with Gasteiger partial charge in [-0.05, 0) is 60.5 Å². The van der Waals surface area contributed by atoms with Gasteiger partial charge in [-0.1, -0.05) is 0 Å². The summed E-state index contributed by atoms with van der Waals surface area (Å²) in [6.07, 6.45) is 2.34. The number of hydrogen-bond donors (Lipinski definition) is 0. The molecule has 1 fully saturated rings. The molecule has 1 aromatic carbocycles. The van der Waals surface area contributed by atoms with Crippen molar-refractivity contribution < 1.29 is 4.74 Å². The molecule has 110 valence electrons. The van der Waals surface area contributed by atoms with Crippen LogP contribution in [0.3, 0.4) is 0 Å². The van der Waals surface area contributed by atoms with Gasteiger partial charge in [0.2, 0.25) is 11.2 Å². The molecule has 0 atom stereocenters. The van der Waals surface area contributed by atoms with Crippen molar-refractivity contribution in [2.75, 3.05) is 25.1 Å². The largest absolute Gasteiger partial charge is 0.497 e. The van der Waals surface area contributed by atoms with E-state index < -0.39 is 0 Å². The normalized spacial score (nSPS) is 14.5. The van der Waals surface area contributed by atoms with Crippen molar-refractivity contribution in [3.8, 4) is 5.75 Å². The lowest BCUT2D eigenvalue weighted by Gasteiger charge is -2.15. The van der Waals surface area contributed by atoms with Crippen molar-refractivity contribution in [3.05, 3.63) is 29.5 Å². The fourth-order valence-corrected chi connectivity index (χ4v) is 3.12. The molecule has 2 heterocycles. The van der Waals surface area contributed by atoms with Crippen LogP contribution in [-0.2, 0) is 0 Å². The Bertz CT molecular complexity index is 617. The summed E-state index contributed by atoms with van der Waals surface area (Å²) < 4.78 is 5.15. The first kappa shape index (κ1) is 14.4. The van der Waals surface area contributed by atoms with E-state index in [9.17, 15) is 0 Å². The molecule has 0 saturated carbocycles. The molecule has 7 heteroatoms.